The molecule has 0 aromatic heterocycles. The summed E-state index contributed by atoms with van der Waals surface area (Å²) in [6.07, 6.45) is -0.821. The molecule has 5 heteroatoms. The van der Waals surface area contributed by atoms with Gasteiger partial charge in [-0.05, 0) is 0 Å². The van der Waals surface area contributed by atoms with Crippen molar-refractivity contribution < 1.29 is 13.6 Å². The maximum atomic E-state index is 5.43. The van der Waals surface area contributed by atoms with Crippen molar-refractivity contribution in [2.75, 3.05) is 13.7 Å². The van der Waals surface area contributed by atoms with E-state index in [-0.39, 0.29) is 6.10 Å². The van der Waals surface area contributed by atoms with Crippen molar-refractivity contribution in [3.05, 3.63) is 0 Å². The molecule has 0 bridgehead atoms. The van der Waals surface area contributed by atoms with Crippen molar-refractivity contribution in [1.29, 1.82) is 0 Å². The summed E-state index contributed by atoms with van der Waals surface area (Å²) < 4.78 is 15.8. The third-order valence-corrected chi connectivity index (χ3v) is 5.01. The molecule has 1 aliphatic heterocycles. The average Bonchev–Trinajstić information content (AvgIpc) is 1.88. The van der Waals surface area contributed by atoms with Crippen LogP contribution in [0.15, 0.2) is 0 Å². The molecule has 3 nitrogen and oxygen atoms in total. The van der Waals surface area contributed by atoms with Gasteiger partial charge in [-0.15, -0.1) is 0 Å². The van der Waals surface area contributed by atoms with E-state index in [1.165, 1.54) is 0 Å². The summed E-state index contributed by atoms with van der Waals surface area (Å²) >= 11 is 2.82. The van der Waals surface area contributed by atoms with E-state index >= 15 is 0 Å². The predicted molar refractivity (Wildman–Crippen MR) is 40.8 cm³/mol. The fourth-order valence-corrected chi connectivity index (χ4v) is 3.25. The summed E-state index contributed by atoms with van der Waals surface area (Å²) in [7, 11) is 1.60. The molecule has 10 heavy (non-hydrogen) atoms. The van der Waals surface area contributed by atoms with E-state index in [9.17, 15) is 0 Å². The molecular weight excluding hydrogens is 218 g/mol. The van der Waals surface area contributed by atoms with E-state index < -0.39 is 6.19 Å². The maximum absolute atomic E-state index is 5.43. The van der Waals surface area contributed by atoms with Crippen LogP contribution in [0.2, 0.25) is 0 Å². The van der Waals surface area contributed by atoms with E-state index in [0.29, 0.717) is 0 Å². The van der Waals surface area contributed by atoms with Crippen LogP contribution in [0.5, 0.6) is 0 Å². The molecule has 1 aliphatic rings. The van der Waals surface area contributed by atoms with Gasteiger partial charge in [0.05, 0.1) is 0 Å². The Labute approximate surface area is 68.5 Å². The van der Waals surface area contributed by atoms with Crippen LogP contribution in [0, 0.1) is 0 Å². The van der Waals surface area contributed by atoms with Gasteiger partial charge in [-0.3, -0.25) is 0 Å². The van der Waals surface area contributed by atoms with Crippen LogP contribution in [0.4, 0.5) is 0 Å². The van der Waals surface area contributed by atoms with Crippen molar-refractivity contribution in [3.63, 3.8) is 0 Å². The Morgan fingerprint density at radius 1 is 1.70 bits per heavy atom. The summed E-state index contributed by atoms with van der Waals surface area (Å²) in [5.74, 6) is 0. The van der Waals surface area contributed by atoms with Gasteiger partial charge in [0.1, 0.15) is 0 Å². The first-order valence-corrected chi connectivity index (χ1v) is 6.91. The zero-order valence-corrected chi connectivity index (χ0v) is 8.68. The first-order chi connectivity index (χ1) is 4.66. The topological polar surface area (TPSA) is 27.7 Å². The quantitative estimate of drug-likeness (QED) is 0.501. The molecule has 0 amide bonds. The van der Waals surface area contributed by atoms with Crippen LogP contribution < -0.4 is 0 Å². The Hall–Kier alpha value is 0.829. The van der Waals surface area contributed by atoms with Crippen LogP contribution >= 0.6 is 6.19 Å². The molecule has 0 spiro atoms. The fraction of sp³-hybridized carbons (Fsp3) is 1.00. The van der Waals surface area contributed by atoms with E-state index in [1.54, 1.807) is 7.11 Å². The van der Waals surface area contributed by atoms with E-state index in [1.807, 2.05) is 6.92 Å². The molecule has 0 aromatic rings. The second-order valence-electron chi connectivity index (χ2n) is 2.17. The SMILES string of the molecule is CO[P@]1(=[Se])OCC[C@H](C)O1. The van der Waals surface area contributed by atoms with Crippen LogP contribution in [-0.2, 0) is 13.6 Å². The van der Waals surface area contributed by atoms with Crippen molar-refractivity contribution in [1.82, 2.24) is 0 Å². The minimum atomic E-state index is -2.03. The van der Waals surface area contributed by atoms with E-state index in [2.05, 4.69) is 15.1 Å². The van der Waals surface area contributed by atoms with Gasteiger partial charge in [0.15, 0.2) is 0 Å². The third-order valence-electron chi connectivity index (χ3n) is 1.31. The van der Waals surface area contributed by atoms with Gasteiger partial charge in [-0.1, -0.05) is 0 Å². The first kappa shape index (κ1) is 8.92. The Morgan fingerprint density at radius 3 is 2.80 bits per heavy atom. The van der Waals surface area contributed by atoms with Crippen molar-refractivity contribution in [3.8, 4) is 0 Å². The number of hydrogen-bond donors (Lipinski definition) is 0. The molecule has 60 valence electrons. The monoisotopic (exact) mass is 230 g/mol. The molecule has 0 N–H and O–H groups in total. The molecule has 0 radical (unpaired) electrons. The van der Waals surface area contributed by atoms with Crippen LogP contribution in [0.3, 0.4) is 0 Å². The van der Waals surface area contributed by atoms with Gasteiger partial charge >= 0.3 is 68.0 Å². The number of rotatable bonds is 1. The zero-order valence-electron chi connectivity index (χ0n) is 6.07. The second kappa shape index (κ2) is 3.48. The average molecular weight is 229 g/mol. The molecule has 1 heterocycles. The molecule has 0 saturated carbocycles. The van der Waals surface area contributed by atoms with Crippen LogP contribution in [-0.4, -0.2) is 34.9 Å². The molecule has 1 fully saturated rings. The summed E-state index contributed by atoms with van der Waals surface area (Å²) in [4.78, 5) is 0. The summed E-state index contributed by atoms with van der Waals surface area (Å²) in [5, 5.41) is 0. The summed E-state index contributed by atoms with van der Waals surface area (Å²) in [5.41, 5.74) is 0. The minimum absolute atomic E-state index is 0.253. The molecule has 0 aromatic carbocycles. The van der Waals surface area contributed by atoms with Gasteiger partial charge < -0.3 is 0 Å². The predicted octanol–water partition coefficient (Wildman–Crippen LogP) is 1.30. The molecule has 2 atom stereocenters. The Morgan fingerprint density at radius 2 is 2.40 bits per heavy atom. The summed E-state index contributed by atoms with van der Waals surface area (Å²) in [6.45, 7) is 2.75. The molecular formula is C5H11O3PSe. The Bertz CT molecular complexity index is 161. The fourth-order valence-electron chi connectivity index (χ4n) is 0.730. The van der Waals surface area contributed by atoms with Crippen molar-refractivity contribution in [2.45, 2.75) is 19.4 Å². The summed E-state index contributed by atoms with van der Waals surface area (Å²) in [6, 6.07) is 0. The van der Waals surface area contributed by atoms with E-state index in [4.69, 9.17) is 13.6 Å². The van der Waals surface area contributed by atoms with Crippen LogP contribution in [0.25, 0.3) is 0 Å². The van der Waals surface area contributed by atoms with Gasteiger partial charge in [0.2, 0.25) is 0 Å². The van der Waals surface area contributed by atoms with Gasteiger partial charge in [0.25, 0.3) is 0 Å². The van der Waals surface area contributed by atoms with Crippen molar-refractivity contribution >= 4 is 21.3 Å². The van der Waals surface area contributed by atoms with Crippen molar-refractivity contribution in [2.24, 2.45) is 0 Å². The second-order valence-corrected chi connectivity index (χ2v) is 6.71. The first-order valence-electron chi connectivity index (χ1n) is 3.15. The van der Waals surface area contributed by atoms with Gasteiger partial charge in [0, 0.05) is 0 Å². The molecule has 0 unspecified atom stereocenters. The van der Waals surface area contributed by atoms with Gasteiger partial charge in [-0.2, -0.15) is 0 Å². The van der Waals surface area contributed by atoms with Crippen LogP contribution in [0.1, 0.15) is 13.3 Å². The standard InChI is InChI=1S/C5H11O3PSe/c1-5-3-4-7-9(10,6-2)8-5/h5H,3-4H2,1-2H3/t5-,9-/m0/s1. The number of hydrogen-bond acceptors (Lipinski definition) is 3. The van der Waals surface area contributed by atoms with E-state index in [0.717, 1.165) is 13.0 Å². The molecule has 0 aliphatic carbocycles. The molecule has 1 rings (SSSR count). The van der Waals surface area contributed by atoms with Gasteiger partial charge in [-0.25, -0.2) is 0 Å². The third kappa shape index (κ3) is 2.16. The Kier molecular flexibility index (Phi) is 3.11. The zero-order chi connectivity index (χ0) is 7.61. The normalized spacial score (nSPS) is 41.6. The molecule has 1 saturated heterocycles. The Balaban J connectivity index is 2.54.